The molecule has 1 aromatic rings. The SMILES string of the molecule is CCC(=O)N1CCOC(c2ccc(OC)cc2)C1. The molecule has 0 aliphatic carbocycles. The lowest BCUT2D eigenvalue weighted by molar-refractivity contribution is -0.138. The number of nitrogens with zero attached hydrogens (tertiary/aromatic N) is 1. The molecule has 1 amide bonds. The van der Waals surface area contributed by atoms with Gasteiger partial charge in [-0.1, -0.05) is 19.1 Å². The second-order valence-corrected chi connectivity index (χ2v) is 4.33. The number of morpholine rings is 1. The number of hydrogen-bond acceptors (Lipinski definition) is 3. The first-order chi connectivity index (χ1) is 8.74. The molecule has 98 valence electrons. The van der Waals surface area contributed by atoms with Crippen molar-refractivity contribution in [3.63, 3.8) is 0 Å². The Balaban J connectivity index is 2.05. The minimum absolute atomic E-state index is 0.0276. The number of carbonyl (C=O) groups is 1. The van der Waals surface area contributed by atoms with Crippen LogP contribution in [0.2, 0.25) is 0 Å². The third-order valence-electron chi connectivity index (χ3n) is 3.21. The molecule has 0 spiro atoms. The van der Waals surface area contributed by atoms with Crippen LogP contribution in [0.15, 0.2) is 24.3 Å². The summed E-state index contributed by atoms with van der Waals surface area (Å²) in [4.78, 5) is 13.6. The van der Waals surface area contributed by atoms with E-state index in [1.807, 2.05) is 36.1 Å². The molecule has 1 heterocycles. The summed E-state index contributed by atoms with van der Waals surface area (Å²) < 4.78 is 10.9. The van der Waals surface area contributed by atoms with E-state index in [2.05, 4.69) is 0 Å². The second-order valence-electron chi connectivity index (χ2n) is 4.33. The normalized spacial score (nSPS) is 19.7. The van der Waals surface area contributed by atoms with Crippen LogP contribution in [0.4, 0.5) is 0 Å². The molecular weight excluding hydrogens is 230 g/mol. The lowest BCUT2D eigenvalue weighted by Crippen LogP contribution is -2.41. The van der Waals surface area contributed by atoms with Crippen molar-refractivity contribution in [1.29, 1.82) is 0 Å². The molecule has 1 aliphatic heterocycles. The van der Waals surface area contributed by atoms with Crippen molar-refractivity contribution in [3.05, 3.63) is 29.8 Å². The summed E-state index contributed by atoms with van der Waals surface area (Å²) >= 11 is 0. The van der Waals surface area contributed by atoms with Crippen molar-refractivity contribution in [2.24, 2.45) is 0 Å². The van der Waals surface area contributed by atoms with Gasteiger partial charge in [0.05, 0.1) is 20.3 Å². The Morgan fingerprint density at radius 1 is 1.44 bits per heavy atom. The summed E-state index contributed by atoms with van der Waals surface area (Å²) in [5.74, 6) is 1.02. The van der Waals surface area contributed by atoms with Gasteiger partial charge in [0, 0.05) is 13.0 Å². The van der Waals surface area contributed by atoms with Crippen LogP contribution in [0.3, 0.4) is 0 Å². The Bertz CT molecular complexity index is 402. The van der Waals surface area contributed by atoms with E-state index in [1.54, 1.807) is 7.11 Å². The highest BCUT2D eigenvalue weighted by Crippen LogP contribution is 2.24. The van der Waals surface area contributed by atoms with E-state index >= 15 is 0 Å². The predicted molar refractivity (Wildman–Crippen MR) is 68.6 cm³/mol. The Hall–Kier alpha value is -1.55. The zero-order valence-electron chi connectivity index (χ0n) is 10.9. The van der Waals surface area contributed by atoms with Gasteiger partial charge in [0.25, 0.3) is 0 Å². The first-order valence-electron chi connectivity index (χ1n) is 6.28. The summed E-state index contributed by atoms with van der Waals surface area (Å²) in [6.45, 7) is 3.82. The summed E-state index contributed by atoms with van der Waals surface area (Å²) in [6, 6.07) is 7.81. The van der Waals surface area contributed by atoms with Gasteiger partial charge in [-0.25, -0.2) is 0 Å². The summed E-state index contributed by atoms with van der Waals surface area (Å²) in [7, 11) is 1.65. The highest BCUT2D eigenvalue weighted by Gasteiger charge is 2.24. The molecule has 0 N–H and O–H groups in total. The van der Waals surface area contributed by atoms with Crippen LogP contribution in [0.5, 0.6) is 5.75 Å². The Labute approximate surface area is 107 Å². The van der Waals surface area contributed by atoms with Crippen LogP contribution >= 0.6 is 0 Å². The van der Waals surface area contributed by atoms with Gasteiger partial charge in [-0.2, -0.15) is 0 Å². The third kappa shape index (κ3) is 2.82. The van der Waals surface area contributed by atoms with E-state index in [0.29, 0.717) is 26.1 Å². The molecule has 1 aromatic carbocycles. The molecule has 4 nitrogen and oxygen atoms in total. The highest BCUT2D eigenvalue weighted by atomic mass is 16.5. The van der Waals surface area contributed by atoms with Crippen molar-refractivity contribution in [1.82, 2.24) is 4.90 Å². The van der Waals surface area contributed by atoms with Crippen LogP contribution in [0.25, 0.3) is 0 Å². The van der Waals surface area contributed by atoms with Gasteiger partial charge in [0.1, 0.15) is 11.9 Å². The van der Waals surface area contributed by atoms with Crippen molar-refractivity contribution in [3.8, 4) is 5.75 Å². The number of ether oxygens (including phenoxy) is 2. The van der Waals surface area contributed by atoms with Crippen molar-refractivity contribution < 1.29 is 14.3 Å². The lowest BCUT2D eigenvalue weighted by atomic mass is 10.1. The molecule has 0 saturated carbocycles. The van der Waals surface area contributed by atoms with Crippen LogP contribution < -0.4 is 4.74 Å². The molecule has 4 heteroatoms. The maximum absolute atomic E-state index is 11.7. The van der Waals surface area contributed by atoms with E-state index in [1.165, 1.54) is 0 Å². The number of amides is 1. The zero-order valence-corrected chi connectivity index (χ0v) is 10.9. The van der Waals surface area contributed by atoms with Gasteiger partial charge in [0.15, 0.2) is 0 Å². The van der Waals surface area contributed by atoms with E-state index in [9.17, 15) is 4.79 Å². The third-order valence-corrected chi connectivity index (χ3v) is 3.21. The average Bonchev–Trinajstić information content (AvgIpc) is 2.46. The van der Waals surface area contributed by atoms with Crippen LogP contribution in [0, 0.1) is 0 Å². The molecule has 1 atom stereocenters. The Morgan fingerprint density at radius 3 is 2.78 bits per heavy atom. The molecular formula is C14H19NO3. The smallest absolute Gasteiger partial charge is 0.222 e. The predicted octanol–water partition coefficient (Wildman–Crippen LogP) is 2.01. The van der Waals surface area contributed by atoms with E-state index < -0.39 is 0 Å². The molecule has 1 unspecified atom stereocenters. The fourth-order valence-corrected chi connectivity index (χ4v) is 2.12. The molecule has 2 rings (SSSR count). The van der Waals surface area contributed by atoms with Crippen LogP contribution in [-0.4, -0.2) is 37.6 Å². The fraction of sp³-hybridized carbons (Fsp3) is 0.500. The van der Waals surface area contributed by atoms with Gasteiger partial charge < -0.3 is 14.4 Å². The topological polar surface area (TPSA) is 38.8 Å². The van der Waals surface area contributed by atoms with Gasteiger partial charge >= 0.3 is 0 Å². The van der Waals surface area contributed by atoms with E-state index in [-0.39, 0.29) is 12.0 Å². The Kier molecular flexibility index (Phi) is 4.20. The lowest BCUT2D eigenvalue weighted by Gasteiger charge is -2.33. The van der Waals surface area contributed by atoms with Crippen LogP contribution in [-0.2, 0) is 9.53 Å². The monoisotopic (exact) mass is 249 g/mol. The summed E-state index contributed by atoms with van der Waals surface area (Å²) in [5, 5.41) is 0. The Morgan fingerprint density at radius 2 is 2.17 bits per heavy atom. The maximum atomic E-state index is 11.7. The van der Waals surface area contributed by atoms with Crippen molar-refractivity contribution >= 4 is 5.91 Å². The first kappa shape index (κ1) is 12.9. The number of benzene rings is 1. The second kappa shape index (κ2) is 5.87. The van der Waals surface area contributed by atoms with E-state index in [0.717, 1.165) is 11.3 Å². The largest absolute Gasteiger partial charge is 0.497 e. The quantitative estimate of drug-likeness (QED) is 0.822. The van der Waals surface area contributed by atoms with Gasteiger partial charge in [-0.05, 0) is 17.7 Å². The zero-order chi connectivity index (χ0) is 13.0. The molecule has 1 aliphatic rings. The van der Waals surface area contributed by atoms with Gasteiger partial charge in [0.2, 0.25) is 5.91 Å². The molecule has 0 bridgehead atoms. The minimum atomic E-state index is -0.0276. The van der Waals surface area contributed by atoms with E-state index in [4.69, 9.17) is 9.47 Å². The standard InChI is InChI=1S/C14H19NO3/c1-3-14(16)15-8-9-18-13(10-15)11-4-6-12(17-2)7-5-11/h4-7,13H,3,8-10H2,1-2H3. The summed E-state index contributed by atoms with van der Waals surface area (Å²) in [5.41, 5.74) is 1.09. The van der Waals surface area contributed by atoms with Crippen molar-refractivity contribution in [2.75, 3.05) is 26.8 Å². The highest BCUT2D eigenvalue weighted by molar-refractivity contribution is 5.75. The number of rotatable bonds is 3. The van der Waals surface area contributed by atoms with Crippen LogP contribution in [0.1, 0.15) is 25.0 Å². The number of carbonyl (C=O) groups excluding carboxylic acids is 1. The number of hydrogen-bond donors (Lipinski definition) is 0. The fourth-order valence-electron chi connectivity index (χ4n) is 2.12. The van der Waals surface area contributed by atoms with Gasteiger partial charge in [-0.3, -0.25) is 4.79 Å². The molecule has 1 fully saturated rings. The van der Waals surface area contributed by atoms with Gasteiger partial charge in [-0.15, -0.1) is 0 Å². The van der Waals surface area contributed by atoms with Crippen molar-refractivity contribution in [2.45, 2.75) is 19.4 Å². The molecule has 0 radical (unpaired) electrons. The summed E-state index contributed by atoms with van der Waals surface area (Å²) in [6.07, 6.45) is 0.523. The molecule has 0 aromatic heterocycles. The molecule has 18 heavy (non-hydrogen) atoms. The first-order valence-corrected chi connectivity index (χ1v) is 6.28. The molecule has 1 saturated heterocycles. The number of methoxy groups -OCH3 is 1. The minimum Gasteiger partial charge on any atom is -0.497 e. The maximum Gasteiger partial charge on any atom is 0.222 e. The average molecular weight is 249 g/mol.